The Morgan fingerprint density at radius 2 is 1.95 bits per heavy atom. The van der Waals surface area contributed by atoms with Gasteiger partial charge in [-0.3, -0.25) is 0 Å². The van der Waals surface area contributed by atoms with E-state index in [0.29, 0.717) is 9.59 Å². The Labute approximate surface area is 137 Å². The first kappa shape index (κ1) is 15.9. The lowest BCUT2D eigenvalue weighted by molar-refractivity contribution is 0.626. The molecule has 0 radical (unpaired) electrons. The van der Waals surface area contributed by atoms with E-state index in [1.165, 1.54) is 17.7 Å². The van der Waals surface area contributed by atoms with Crippen molar-refractivity contribution in [3.05, 3.63) is 64.4 Å². The highest BCUT2D eigenvalue weighted by Crippen LogP contribution is 2.23. The van der Waals surface area contributed by atoms with E-state index in [2.05, 4.69) is 45.6 Å². The summed E-state index contributed by atoms with van der Waals surface area (Å²) in [4.78, 5) is 0. The molecule has 0 saturated heterocycles. The Morgan fingerprint density at radius 1 is 1.24 bits per heavy atom. The zero-order valence-electron chi connectivity index (χ0n) is 11.6. The molecular weight excluding hydrogens is 351 g/mol. The number of rotatable bonds is 4. The monoisotopic (exact) mass is 366 g/mol. The lowest BCUT2D eigenvalue weighted by atomic mass is 10.1. The number of halogens is 2. The third-order valence-electron chi connectivity index (χ3n) is 3.09. The zero-order chi connectivity index (χ0) is 15.2. The van der Waals surface area contributed by atoms with Crippen LogP contribution < -0.4 is 10.6 Å². The maximum atomic E-state index is 13.1. The van der Waals surface area contributed by atoms with Crippen molar-refractivity contribution in [2.75, 3.05) is 5.32 Å². The molecule has 2 nitrogen and oxygen atoms in total. The highest BCUT2D eigenvalue weighted by molar-refractivity contribution is 9.10. The first-order chi connectivity index (χ1) is 10.1. The van der Waals surface area contributed by atoms with Crippen molar-refractivity contribution in [1.29, 1.82) is 0 Å². The van der Waals surface area contributed by atoms with Gasteiger partial charge in [-0.1, -0.05) is 37.3 Å². The number of benzene rings is 2. The summed E-state index contributed by atoms with van der Waals surface area (Å²) in [5, 5.41) is 6.87. The van der Waals surface area contributed by atoms with Gasteiger partial charge in [0.25, 0.3) is 0 Å². The maximum Gasteiger partial charge on any atom is 0.171 e. The largest absolute Gasteiger partial charge is 0.356 e. The fourth-order valence-corrected chi connectivity index (χ4v) is 2.72. The standard InChI is InChI=1S/C16H16BrFN2S/c1-2-14(11-6-4-3-5-7-11)19-16(21)20-15-9-8-12(18)10-13(15)17/h3-10,14H,2H2,1H3,(H2,19,20,21). The van der Waals surface area contributed by atoms with Gasteiger partial charge in [0, 0.05) is 4.47 Å². The van der Waals surface area contributed by atoms with Gasteiger partial charge >= 0.3 is 0 Å². The summed E-state index contributed by atoms with van der Waals surface area (Å²) < 4.78 is 13.7. The van der Waals surface area contributed by atoms with Crippen molar-refractivity contribution >= 4 is 38.9 Å². The fourth-order valence-electron chi connectivity index (χ4n) is 2.01. The van der Waals surface area contributed by atoms with E-state index in [4.69, 9.17) is 12.2 Å². The van der Waals surface area contributed by atoms with Crippen LogP contribution in [0.25, 0.3) is 0 Å². The average molecular weight is 367 g/mol. The highest BCUT2D eigenvalue weighted by atomic mass is 79.9. The predicted molar refractivity (Wildman–Crippen MR) is 92.9 cm³/mol. The Bertz CT molecular complexity index is 619. The SMILES string of the molecule is CCC(NC(=S)Nc1ccc(F)cc1Br)c1ccccc1. The molecule has 2 N–H and O–H groups in total. The molecule has 2 aromatic rings. The first-order valence-corrected chi connectivity index (χ1v) is 7.87. The molecule has 0 aliphatic carbocycles. The lowest BCUT2D eigenvalue weighted by Gasteiger charge is -2.20. The quantitative estimate of drug-likeness (QED) is 0.742. The van der Waals surface area contributed by atoms with Crippen molar-refractivity contribution in [3.8, 4) is 0 Å². The minimum Gasteiger partial charge on any atom is -0.356 e. The molecule has 5 heteroatoms. The molecule has 110 valence electrons. The van der Waals surface area contributed by atoms with Crippen molar-refractivity contribution in [1.82, 2.24) is 5.32 Å². The molecule has 0 fully saturated rings. The minimum absolute atomic E-state index is 0.144. The smallest absolute Gasteiger partial charge is 0.171 e. The van der Waals surface area contributed by atoms with Crippen LogP contribution in [-0.2, 0) is 0 Å². The summed E-state index contributed by atoms with van der Waals surface area (Å²) in [6, 6.07) is 14.7. The number of nitrogens with one attached hydrogen (secondary N) is 2. The third kappa shape index (κ3) is 4.51. The molecule has 0 aliphatic heterocycles. The van der Waals surface area contributed by atoms with Crippen molar-refractivity contribution < 1.29 is 4.39 Å². The van der Waals surface area contributed by atoms with Crippen LogP contribution in [-0.4, -0.2) is 5.11 Å². The first-order valence-electron chi connectivity index (χ1n) is 6.67. The minimum atomic E-state index is -0.290. The van der Waals surface area contributed by atoms with Gasteiger partial charge < -0.3 is 10.6 Å². The average Bonchev–Trinajstić information content (AvgIpc) is 2.48. The summed E-state index contributed by atoms with van der Waals surface area (Å²) in [6.45, 7) is 2.10. The molecule has 0 bridgehead atoms. The lowest BCUT2D eigenvalue weighted by Crippen LogP contribution is -2.32. The van der Waals surface area contributed by atoms with Gasteiger partial charge in [-0.2, -0.15) is 0 Å². The van der Waals surface area contributed by atoms with E-state index in [1.807, 2.05) is 18.2 Å². The van der Waals surface area contributed by atoms with Crippen LogP contribution in [0.4, 0.5) is 10.1 Å². The van der Waals surface area contributed by atoms with Crippen LogP contribution in [0.1, 0.15) is 24.9 Å². The van der Waals surface area contributed by atoms with E-state index in [0.717, 1.165) is 12.1 Å². The number of hydrogen-bond donors (Lipinski definition) is 2. The Kier molecular flexibility index (Phi) is 5.70. The third-order valence-corrected chi connectivity index (χ3v) is 3.97. The summed E-state index contributed by atoms with van der Waals surface area (Å²) in [7, 11) is 0. The number of anilines is 1. The molecule has 0 amide bonds. The molecule has 1 atom stereocenters. The Hall–Kier alpha value is -1.46. The van der Waals surface area contributed by atoms with Crippen LogP contribution in [0.15, 0.2) is 53.0 Å². The Balaban J connectivity index is 2.03. The molecule has 1 unspecified atom stereocenters. The second kappa shape index (κ2) is 7.52. The molecule has 0 saturated carbocycles. The van der Waals surface area contributed by atoms with Gasteiger partial charge in [0.1, 0.15) is 5.82 Å². The molecule has 0 aliphatic rings. The molecular formula is C16H16BrFN2S. The molecule has 0 spiro atoms. The summed E-state index contributed by atoms with van der Waals surface area (Å²) in [6.07, 6.45) is 0.913. The highest BCUT2D eigenvalue weighted by Gasteiger charge is 2.11. The molecule has 2 rings (SSSR count). The van der Waals surface area contributed by atoms with Gasteiger partial charge in [-0.15, -0.1) is 0 Å². The maximum absolute atomic E-state index is 13.1. The van der Waals surface area contributed by atoms with E-state index < -0.39 is 0 Å². The van der Waals surface area contributed by atoms with Gasteiger partial charge in [0.2, 0.25) is 0 Å². The molecule has 0 aromatic heterocycles. The van der Waals surface area contributed by atoms with Crippen LogP contribution in [0.5, 0.6) is 0 Å². The van der Waals surface area contributed by atoms with E-state index in [-0.39, 0.29) is 11.9 Å². The topological polar surface area (TPSA) is 24.1 Å². The second-order valence-corrected chi connectivity index (χ2v) is 5.86. The summed E-state index contributed by atoms with van der Waals surface area (Å²) in [5.74, 6) is -0.290. The summed E-state index contributed by atoms with van der Waals surface area (Å²) in [5.41, 5.74) is 1.92. The van der Waals surface area contributed by atoms with Gasteiger partial charge in [0.05, 0.1) is 11.7 Å². The van der Waals surface area contributed by atoms with Crippen LogP contribution in [0.3, 0.4) is 0 Å². The zero-order valence-corrected chi connectivity index (χ0v) is 14.0. The molecule has 0 heterocycles. The number of hydrogen-bond acceptors (Lipinski definition) is 1. The number of thiocarbonyl (C=S) groups is 1. The molecule has 2 aromatic carbocycles. The van der Waals surface area contributed by atoms with E-state index >= 15 is 0 Å². The van der Waals surface area contributed by atoms with Gasteiger partial charge in [-0.05, 0) is 58.3 Å². The van der Waals surface area contributed by atoms with Crippen molar-refractivity contribution in [2.24, 2.45) is 0 Å². The van der Waals surface area contributed by atoms with Crippen LogP contribution >= 0.6 is 28.1 Å². The fraction of sp³-hybridized carbons (Fsp3) is 0.188. The van der Waals surface area contributed by atoms with Gasteiger partial charge in [-0.25, -0.2) is 4.39 Å². The van der Waals surface area contributed by atoms with Crippen molar-refractivity contribution in [2.45, 2.75) is 19.4 Å². The van der Waals surface area contributed by atoms with Crippen molar-refractivity contribution in [3.63, 3.8) is 0 Å². The van der Waals surface area contributed by atoms with E-state index in [9.17, 15) is 4.39 Å². The second-order valence-electron chi connectivity index (χ2n) is 4.59. The summed E-state index contributed by atoms with van der Waals surface area (Å²) >= 11 is 8.65. The van der Waals surface area contributed by atoms with E-state index in [1.54, 1.807) is 6.07 Å². The predicted octanol–water partition coefficient (Wildman–Crippen LogP) is 5.03. The van der Waals surface area contributed by atoms with Crippen LogP contribution in [0, 0.1) is 5.82 Å². The van der Waals surface area contributed by atoms with Gasteiger partial charge in [0.15, 0.2) is 5.11 Å². The normalized spacial score (nSPS) is 11.8. The van der Waals surface area contributed by atoms with Crippen LogP contribution in [0.2, 0.25) is 0 Å². The Morgan fingerprint density at radius 3 is 2.57 bits per heavy atom. The molecule has 21 heavy (non-hydrogen) atoms.